The van der Waals surface area contributed by atoms with Gasteiger partial charge in [-0.1, -0.05) is 6.07 Å². The Morgan fingerprint density at radius 2 is 1.89 bits per heavy atom. The molecule has 1 atom stereocenters. The Kier molecular flexibility index (Phi) is 5.75. The van der Waals surface area contributed by atoms with Gasteiger partial charge in [0.1, 0.15) is 5.75 Å². The predicted octanol–water partition coefficient (Wildman–Crippen LogP) is 3.48. The first kappa shape index (κ1) is 18.9. The minimum Gasteiger partial charge on any atom is -0.454 e. The highest BCUT2D eigenvalue weighted by atomic mass is 19.3. The predicted molar refractivity (Wildman–Crippen MR) is 95.2 cm³/mol. The normalized spacial score (nSPS) is 13.7. The summed E-state index contributed by atoms with van der Waals surface area (Å²) in [5, 5.41) is 2.76. The molecule has 0 radical (unpaired) electrons. The molecule has 1 heterocycles. The second-order valence-electron chi connectivity index (χ2n) is 6.17. The molecule has 1 aliphatic rings. The van der Waals surface area contributed by atoms with Crippen LogP contribution in [0, 0.1) is 0 Å². The summed E-state index contributed by atoms with van der Waals surface area (Å²) in [4.78, 5) is 14.3. The van der Waals surface area contributed by atoms with Crippen molar-refractivity contribution >= 4 is 11.6 Å². The summed E-state index contributed by atoms with van der Waals surface area (Å²) in [5.41, 5.74) is 1.50. The third-order valence-corrected chi connectivity index (χ3v) is 4.26. The van der Waals surface area contributed by atoms with Gasteiger partial charge in [0.25, 0.3) is 0 Å². The molecule has 0 spiro atoms. The number of anilines is 1. The molecule has 1 unspecified atom stereocenters. The topological polar surface area (TPSA) is 60.0 Å². The number of benzene rings is 2. The van der Waals surface area contributed by atoms with E-state index in [0.29, 0.717) is 23.7 Å². The largest absolute Gasteiger partial charge is 0.454 e. The lowest BCUT2D eigenvalue weighted by molar-refractivity contribution is -0.120. The smallest absolute Gasteiger partial charge is 0.387 e. The monoisotopic (exact) mass is 378 g/mol. The van der Waals surface area contributed by atoms with Gasteiger partial charge in [0.2, 0.25) is 12.7 Å². The van der Waals surface area contributed by atoms with Gasteiger partial charge in [-0.05, 0) is 55.9 Å². The Morgan fingerprint density at radius 1 is 1.19 bits per heavy atom. The Labute approximate surface area is 155 Å². The summed E-state index contributed by atoms with van der Waals surface area (Å²) in [5.74, 6) is 1.24. The summed E-state index contributed by atoms with van der Waals surface area (Å²) in [6.07, 6.45) is 0. The van der Waals surface area contributed by atoms with Crippen LogP contribution in [-0.2, 0) is 11.3 Å². The molecule has 2 aromatic rings. The van der Waals surface area contributed by atoms with Crippen LogP contribution in [0.1, 0.15) is 12.5 Å². The number of halogens is 2. The molecule has 2 aromatic carbocycles. The highest BCUT2D eigenvalue weighted by Crippen LogP contribution is 2.32. The Balaban J connectivity index is 1.56. The molecule has 0 fully saturated rings. The number of nitrogens with zero attached hydrogens (tertiary/aromatic N) is 1. The second-order valence-corrected chi connectivity index (χ2v) is 6.17. The van der Waals surface area contributed by atoms with Gasteiger partial charge >= 0.3 is 6.61 Å². The van der Waals surface area contributed by atoms with Crippen LogP contribution in [0.15, 0.2) is 42.5 Å². The number of carbonyl (C=O) groups is 1. The van der Waals surface area contributed by atoms with Crippen LogP contribution >= 0.6 is 0 Å². The third kappa shape index (κ3) is 4.85. The summed E-state index contributed by atoms with van der Waals surface area (Å²) >= 11 is 0. The zero-order valence-corrected chi connectivity index (χ0v) is 14.9. The van der Waals surface area contributed by atoms with E-state index in [-0.39, 0.29) is 18.4 Å². The van der Waals surface area contributed by atoms with Gasteiger partial charge in [0.15, 0.2) is 11.5 Å². The van der Waals surface area contributed by atoms with Crippen molar-refractivity contribution in [3.05, 3.63) is 48.0 Å². The number of alkyl halides is 2. The molecule has 3 rings (SSSR count). The minimum atomic E-state index is -2.88. The maximum Gasteiger partial charge on any atom is 0.387 e. The van der Waals surface area contributed by atoms with Crippen molar-refractivity contribution in [1.29, 1.82) is 0 Å². The molecule has 0 bridgehead atoms. The van der Waals surface area contributed by atoms with Gasteiger partial charge in [-0.25, -0.2) is 0 Å². The number of likely N-dealkylation sites (N-methyl/N-ethyl adjacent to an activating group) is 1. The maximum absolute atomic E-state index is 12.4. The SMILES string of the molecule is CC(C(=O)Nc1ccc(OC(F)F)cc1)N(C)Cc1ccc2c(c1)OCO2. The molecule has 6 nitrogen and oxygen atoms in total. The molecule has 27 heavy (non-hydrogen) atoms. The average molecular weight is 378 g/mol. The van der Waals surface area contributed by atoms with Crippen LogP contribution in [0.4, 0.5) is 14.5 Å². The van der Waals surface area contributed by atoms with Crippen molar-refractivity contribution in [2.45, 2.75) is 26.1 Å². The molecule has 8 heteroatoms. The molecule has 1 N–H and O–H groups in total. The number of hydrogen-bond acceptors (Lipinski definition) is 5. The van der Waals surface area contributed by atoms with Gasteiger partial charge < -0.3 is 19.5 Å². The van der Waals surface area contributed by atoms with Crippen LogP contribution in [0.25, 0.3) is 0 Å². The van der Waals surface area contributed by atoms with Gasteiger partial charge in [-0.3, -0.25) is 9.69 Å². The second kappa shape index (κ2) is 8.22. The van der Waals surface area contributed by atoms with E-state index in [1.54, 1.807) is 6.92 Å². The molecule has 1 amide bonds. The summed E-state index contributed by atoms with van der Waals surface area (Å²) in [6, 6.07) is 11.0. The van der Waals surface area contributed by atoms with Crippen molar-refractivity contribution in [3.63, 3.8) is 0 Å². The molecule has 0 saturated carbocycles. The summed E-state index contributed by atoms with van der Waals surface area (Å²) < 4.78 is 39.3. The zero-order chi connectivity index (χ0) is 19.4. The van der Waals surface area contributed by atoms with Gasteiger partial charge in [-0.2, -0.15) is 8.78 Å². The Bertz CT molecular complexity index is 799. The standard InChI is InChI=1S/C19H20F2N2O4/c1-12(18(24)22-14-4-6-15(7-5-14)27-19(20)21)23(2)10-13-3-8-16-17(9-13)26-11-25-16/h3-9,12,19H,10-11H2,1-2H3,(H,22,24). The Morgan fingerprint density at radius 3 is 2.59 bits per heavy atom. The van der Waals surface area contributed by atoms with Crippen LogP contribution in [0.2, 0.25) is 0 Å². The number of fused-ring (bicyclic) bond motifs is 1. The van der Waals surface area contributed by atoms with Crippen LogP contribution in [0.3, 0.4) is 0 Å². The molecule has 0 aromatic heterocycles. The lowest BCUT2D eigenvalue weighted by Crippen LogP contribution is -2.39. The van der Waals surface area contributed by atoms with E-state index >= 15 is 0 Å². The fourth-order valence-electron chi connectivity index (χ4n) is 2.63. The number of ether oxygens (including phenoxy) is 3. The van der Waals surface area contributed by atoms with E-state index in [4.69, 9.17) is 9.47 Å². The summed E-state index contributed by atoms with van der Waals surface area (Å²) in [6.45, 7) is -0.326. The van der Waals surface area contributed by atoms with Gasteiger partial charge in [-0.15, -0.1) is 0 Å². The average Bonchev–Trinajstić information content (AvgIpc) is 3.10. The highest BCUT2D eigenvalue weighted by Gasteiger charge is 2.20. The van der Waals surface area contributed by atoms with Crippen molar-refractivity contribution in [2.75, 3.05) is 19.2 Å². The molecule has 1 aliphatic heterocycles. The van der Waals surface area contributed by atoms with E-state index in [9.17, 15) is 13.6 Å². The molecule has 144 valence electrons. The fourth-order valence-corrected chi connectivity index (χ4v) is 2.63. The summed E-state index contributed by atoms with van der Waals surface area (Å²) in [7, 11) is 1.84. The van der Waals surface area contributed by atoms with E-state index < -0.39 is 12.7 Å². The lowest BCUT2D eigenvalue weighted by atomic mass is 10.1. The number of amides is 1. The van der Waals surface area contributed by atoms with Crippen LogP contribution < -0.4 is 19.5 Å². The number of rotatable bonds is 7. The minimum absolute atomic E-state index is 0.0379. The van der Waals surface area contributed by atoms with E-state index in [0.717, 1.165) is 5.56 Å². The van der Waals surface area contributed by atoms with Crippen molar-refractivity contribution < 1.29 is 27.8 Å². The van der Waals surface area contributed by atoms with Crippen LogP contribution in [-0.4, -0.2) is 37.3 Å². The van der Waals surface area contributed by atoms with E-state index in [1.807, 2.05) is 30.1 Å². The number of nitrogens with one attached hydrogen (secondary N) is 1. The van der Waals surface area contributed by atoms with Gasteiger partial charge in [0.05, 0.1) is 6.04 Å². The van der Waals surface area contributed by atoms with Crippen molar-refractivity contribution in [1.82, 2.24) is 4.90 Å². The quantitative estimate of drug-likeness (QED) is 0.799. The first-order valence-corrected chi connectivity index (χ1v) is 8.37. The first-order chi connectivity index (χ1) is 12.9. The van der Waals surface area contributed by atoms with Crippen molar-refractivity contribution in [3.8, 4) is 17.2 Å². The maximum atomic E-state index is 12.4. The van der Waals surface area contributed by atoms with Gasteiger partial charge in [0, 0.05) is 12.2 Å². The molecular formula is C19H20F2N2O4. The highest BCUT2D eigenvalue weighted by molar-refractivity contribution is 5.94. The number of hydrogen-bond donors (Lipinski definition) is 1. The number of carbonyl (C=O) groups excluding carboxylic acids is 1. The lowest BCUT2D eigenvalue weighted by Gasteiger charge is -2.24. The Hall–Kier alpha value is -2.87. The molecule has 0 aliphatic carbocycles. The third-order valence-electron chi connectivity index (χ3n) is 4.26. The van der Waals surface area contributed by atoms with Crippen LogP contribution in [0.5, 0.6) is 17.2 Å². The van der Waals surface area contributed by atoms with E-state index in [1.165, 1.54) is 24.3 Å². The first-order valence-electron chi connectivity index (χ1n) is 8.37. The molecule has 0 saturated heterocycles. The molecular weight excluding hydrogens is 358 g/mol. The van der Waals surface area contributed by atoms with Crippen molar-refractivity contribution in [2.24, 2.45) is 0 Å². The fraction of sp³-hybridized carbons (Fsp3) is 0.316. The van der Waals surface area contributed by atoms with E-state index in [2.05, 4.69) is 10.1 Å². The zero-order valence-electron chi connectivity index (χ0n) is 14.9.